The average molecular weight is 369 g/mol. The van der Waals surface area contributed by atoms with Crippen LogP contribution >= 0.6 is 0 Å². The molecule has 144 valence electrons. The molecule has 0 unspecified atom stereocenters. The molecule has 1 aromatic heterocycles. The summed E-state index contributed by atoms with van der Waals surface area (Å²) < 4.78 is 10.5. The van der Waals surface area contributed by atoms with Crippen LogP contribution < -0.4 is 5.32 Å². The van der Waals surface area contributed by atoms with Crippen LogP contribution in [0.4, 0.5) is 4.79 Å². The van der Waals surface area contributed by atoms with Crippen LogP contribution in [0.5, 0.6) is 0 Å². The van der Waals surface area contributed by atoms with Crippen molar-refractivity contribution in [2.45, 2.75) is 46.3 Å². The molecule has 0 spiro atoms. The van der Waals surface area contributed by atoms with Crippen molar-refractivity contribution in [2.24, 2.45) is 5.92 Å². The second-order valence-electron chi connectivity index (χ2n) is 7.58. The molecule has 0 radical (unpaired) electrons. The van der Waals surface area contributed by atoms with E-state index in [0.717, 1.165) is 5.56 Å². The van der Waals surface area contributed by atoms with E-state index in [1.165, 1.54) is 0 Å². The van der Waals surface area contributed by atoms with Crippen molar-refractivity contribution in [1.29, 1.82) is 0 Å². The number of rotatable bonds is 6. The molecule has 0 aliphatic rings. The van der Waals surface area contributed by atoms with Gasteiger partial charge in [-0.15, -0.1) is 0 Å². The lowest BCUT2D eigenvalue weighted by molar-refractivity contribution is 0.0493. The smallest absolute Gasteiger partial charge is 0.408 e. The zero-order chi connectivity index (χ0) is 20.0. The van der Waals surface area contributed by atoms with E-state index < -0.39 is 11.7 Å². The number of benzene rings is 1. The maximum Gasteiger partial charge on any atom is 0.408 e. The number of allylic oxidation sites excluding steroid dienone is 1. The second-order valence-corrected chi connectivity index (χ2v) is 7.58. The molecule has 2 atom stereocenters. The summed E-state index contributed by atoms with van der Waals surface area (Å²) in [6.45, 7) is 9.16. The highest BCUT2D eigenvalue weighted by Crippen LogP contribution is 2.26. The molecule has 0 bridgehead atoms. The summed E-state index contributed by atoms with van der Waals surface area (Å²) in [4.78, 5) is 24.9. The highest BCUT2D eigenvalue weighted by Gasteiger charge is 2.25. The van der Waals surface area contributed by atoms with E-state index in [9.17, 15) is 9.59 Å². The van der Waals surface area contributed by atoms with Gasteiger partial charge in [0.1, 0.15) is 5.60 Å². The highest BCUT2D eigenvalue weighted by atomic mass is 16.6. The number of furan rings is 1. The molecule has 0 saturated heterocycles. The molecule has 5 heteroatoms. The zero-order valence-electron chi connectivity index (χ0n) is 16.5. The molecule has 0 fully saturated rings. The lowest BCUT2D eigenvalue weighted by Crippen LogP contribution is -2.37. The molecule has 1 aromatic carbocycles. The highest BCUT2D eigenvalue weighted by molar-refractivity contribution is 6.08. The van der Waals surface area contributed by atoms with Gasteiger partial charge in [-0.2, -0.15) is 0 Å². The fourth-order valence-electron chi connectivity index (χ4n) is 2.79. The van der Waals surface area contributed by atoms with E-state index in [4.69, 9.17) is 9.15 Å². The molecule has 2 aromatic rings. The minimum atomic E-state index is -0.594. The predicted molar refractivity (Wildman–Crippen MR) is 105 cm³/mol. The summed E-state index contributed by atoms with van der Waals surface area (Å²) in [5, 5.41) is 2.88. The summed E-state index contributed by atoms with van der Waals surface area (Å²) in [6.07, 6.45) is 4.49. The Morgan fingerprint density at radius 2 is 1.81 bits per heavy atom. The summed E-state index contributed by atoms with van der Waals surface area (Å²) >= 11 is 0. The molecule has 0 aliphatic carbocycles. The summed E-state index contributed by atoms with van der Waals surface area (Å²) in [7, 11) is 0. The molecule has 27 heavy (non-hydrogen) atoms. The van der Waals surface area contributed by atoms with Gasteiger partial charge in [0.2, 0.25) is 0 Å². The number of alkyl carbamates (subject to hydrolysis) is 1. The van der Waals surface area contributed by atoms with E-state index in [0.29, 0.717) is 11.1 Å². The number of ether oxygens (including phenoxy) is 1. The first-order valence-electron chi connectivity index (χ1n) is 8.97. The second kappa shape index (κ2) is 8.71. The molecule has 2 rings (SSSR count). The summed E-state index contributed by atoms with van der Waals surface area (Å²) in [5.41, 5.74) is 1.47. The number of ketones is 1. The lowest BCUT2D eigenvalue weighted by atomic mass is 9.92. The number of nitrogens with one attached hydrogen (secondary N) is 1. The van der Waals surface area contributed by atoms with Crippen LogP contribution in [-0.4, -0.2) is 17.5 Å². The number of hydrogen-bond donors (Lipinski definition) is 1. The maximum absolute atomic E-state index is 12.6. The maximum atomic E-state index is 12.6. The van der Waals surface area contributed by atoms with Crippen LogP contribution in [0.2, 0.25) is 0 Å². The van der Waals surface area contributed by atoms with Crippen molar-refractivity contribution in [3.8, 4) is 0 Å². The van der Waals surface area contributed by atoms with Gasteiger partial charge in [-0.1, -0.05) is 43.3 Å². The van der Waals surface area contributed by atoms with Crippen molar-refractivity contribution >= 4 is 11.9 Å². The molecule has 5 nitrogen and oxygen atoms in total. The number of carbonyl (C=O) groups excluding carboxylic acids is 2. The van der Waals surface area contributed by atoms with Crippen molar-refractivity contribution < 1.29 is 18.7 Å². The molecular formula is C22H27NO4. The number of Topliss-reactive ketones (excluding diaryl/α,β-unsaturated/α-hetero) is 1. The Morgan fingerprint density at radius 1 is 1.15 bits per heavy atom. The topological polar surface area (TPSA) is 68.5 Å². The van der Waals surface area contributed by atoms with Crippen molar-refractivity contribution in [3.63, 3.8) is 0 Å². The van der Waals surface area contributed by atoms with Gasteiger partial charge in [-0.05, 0) is 45.3 Å². The summed E-state index contributed by atoms with van der Waals surface area (Å²) in [5.74, 6) is -0.187. The van der Waals surface area contributed by atoms with E-state index in [2.05, 4.69) is 5.32 Å². The van der Waals surface area contributed by atoms with Gasteiger partial charge in [0, 0.05) is 11.1 Å². The van der Waals surface area contributed by atoms with E-state index in [1.54, 1.807) is 37.6 Å². The third-order valence-corrected chi connectivity index (χ3v) is 4.01. The third-order valence-electron chi connectivity index (χ3n) is 4.01. The van der Waals surface area contributed by atoms with Gasteiger partial charge in [0.15, 0.2) is 5.78 Å². The molecule has 0 saturated carbocycles. The standard InChI is InChI=1S/C22H27NO4/c1-15(13-16(2)20(24)17-9-7-6-8-10-17)19(18-11-12-26-14-18)23-21(25)27-22(3,4)5/h6-15,19H,1-5H3,(H,23,25)/b16-13+/t15-,19-/m0/s1. The molecule has 0 aliphatic heterocycles. The quantitative estimate of drug-likeness (QED) is 0.553. The predicted octanol–water partition coefficient (Wildman–Crippen LogP) is 5.31. The van der Waals surface area contributed by atoms with Crippen LogP contribution in [0.15, 0.2) is 65.0 Å². The van der Waals surface area contributed by atoms with Gasteiger partial charge >= 0.3 is 6.09 Å². The van der Waals surface area contributed by atoms with Crippen LogP contribution in [-0.2, 0) is 4.74 Å². The largest absolute Gasteiger partial charge is 0.472 e. The normalized spacial score (nSPS) is 14.3. The zero-order valence-corrected chi connectivity index (χ0v) is 16.5. The average Bonchev–Trinajstić information content (AvgIpc) is 3.12. The van der Waals surface area contributed by atoms with E-state index in [1.807, 2.05) is 52.0 Å². The first kappa shape index (κ1) is 20.5. The van der Waals surface area contributed by atoms with Gasteiger partial charge in [-0.25, -0.2) is 4.79 Å². The number of carbonyl (C=O) groups is 2. The fraction of sp³-hybridized carbons (Fsp3) is 0.364. The summed E-state index contributed by atoms with van der Waals surface area (Å²) in [6, 6.07) is 10.5. The first-order valence-corrected chi connectivity index (χ1v) is 8.97. The van der Waals surface area contributed by atoms with Crippen molar-refractivity contribution in [3.05, 3.63) is 71.7 Å². The fourth-order valence-corrected chi connectivity index (χ4v) is 2.79. The van der Waals surface area contributed by atoms with Gasteiger partial charge in [0.05, 0.1) is 18.6 Å². The van der Waals surface area contributed by atoms with E-state index >= 15 is 0 Å². The van der Waals surface area contributed by atoms with Crippen LogP contribution in [0.25, 0.3) is 0 Å². The third kappa shape index (κ3) is 6.13. The Balaban J connectivity index is 2.19. The van der Waals surface area contributed by atoms with Gasteiger partial charge in [-0.3, -0.25) is 4.79 Å². The van der Waals surface area contributed by atoms with Crippen LogP contribution in [0, 0.1) is 5.92 Å². The Bertz CT molecular complexity index is 785. The Hall–Kier alpha value is -2.82. The van der Waals surface area contributed by atoms with Crippen LogP contribution in [0.3, 0.4) is 0 Å². The molecule has 1 heterocycles. The van der Waals surface area contributed by atoms with Crippen molar-refractivity contribution in [2.75, 3.05) is 0 Å². The molecule has 1 amide bonds. The Labute approximate surface area is 160 Å². The first-order chi connectivity index (χ1) is 12.7. The Morgan fingerprint density at radius 3 is 2.37 bits per heavy atom. The van der Waals surface area contributed by atoms with E-state index in [-0.39, 0.29) is 17.7 Å². The van der Waals surface area contributed by atoms with Gasteiger partial charge in [0.25, 0.3) is 0 Å². The lowest BCUT2D eigenvalue weighted by Gasteiger charge is -2.26. The van der Waals surface area contributed by atoms with Gasteiger partial charge < -0.3 is 14.5 Å². The number of hydrogen-bond acceptors (Lipinski definition) is 4. The Kier molecular flexibility index (Phi) is 6.61. The minimum Gasteiger partial charge on any atom is -0.472 e. The molecular weight excluding hydrogens is 342 g/mol. The van der Waals surface area contributed by atoms with Crippen molar-refractivity contribution in [1.82, 2.24) is 5.32 Å². The monoisotopic (exact) mass is 369 g/mol. The minimum absolute atomic E-state index is 0.0364. The SMILES string of the molecule is C/C(=C\[C@H](C)[C@H](NC(=O)OC(C)(C)C)c1ccoc1)C(=O)c1ccccc1. The van der Waals surface area contributed by atoms with Crippen LogP contribution in [0.1, 0.15) is 56.6 Å². The number of amides is 1. The molecule has 1 N–H and O–H groups in total.